The fraction of sp³-hybridized carbons (Fsp3) is 0.312. The number of hydrogen-bond donors (Lipinski definition) is 1. The Kier molecular flexibility index (Phi) is 4.82. The van der Waals surface area contributed by atoms with E-state index in [1.54, 1.807) is 13.3 Å². The Balaban J connectivity index is 1.85. The van der Waals surface area contributed by atoms with Gasteiger partial charge in [-0.05, 0) is 32.0 Å². The average molecular weight is 272 g/mol. The fourth-order valence-electron chi connectivity index (χ4n) is 1.79. The van der Waals surface area contributed by atoms with Crippen LogP contribution in [0.15, 0.2) is 42.6 Å². The molecule has 2 aromatic rings. The molecule has 0 aliphatic heterocycles. The van der Waals surface area contributed by atoms with Crippen LogP contribution in [-0.4, -0.2) is 24.7 Å². The van der Waals surface area contributed by atoms with Crippen LogP contribution in [0.4, 0.5) is 5.69 Å². The summed E-state index contributed by atoms with van der Waals surface area (Å²) in [7, 11) is 1.61. The normalized spacial score (nSPS) is 11.8. The van der Waals surface area contributed by atoms with Gasteiger partial charge in [-0.2, -0.15) is 0 Å². The summed E-state index contributed by atoms with van der Waals surface area (Å²) in [6.07, 6.45) is 1.72. The van der Waals surface area contributed by atoms with Crippen molar-refractivity contribution in [2.24, 2.45) is 0 Å². The van der Waals surface area contributed by atoms with Gasteiger partial charge < -0.3 is 14.8 Å². The van der Waals surface area contributed by atoms with Crippen LogP contribution in [0.25, 0.3) is 0 Å². The maximum Gasteiger partial charge on any atom is 0.214 e. The highest BCUT2D eigenvalue weighted by atomic mass is 16.5. The zero-order chi connectivity index (χ0) is 14.4. The number of ether oxygens (including phenoxy) is 2. The van der Waals surface area contributed by atoms with Gasteiger partial charge >= 0.3 is 0 Å². The molecule has 0 spiro atoms. The highest BCUT2D eigenvalue weighted by Crippen LogP contribution is 2.15. The number of rotatable bonds is 6. The first-order valence-corrected chi connectivity index (χ1v) is 6.63. The van der Waals surface area contributed by atoms with E-state index in [4.69, 9.17) is 9.47 Å². The van der Waals surface area contributed by atoms with E-state index < -0.39 is 0 Å². The van der Waals surface area contributed by atoms with Crippen molar-refractivity contribution in [3.05, 3.63) is 48.2 Å². The molecule has 1 heterocycles. The molecule has 1 atom stereocenters. The topological polar surface area (TPSA) is 43.4 Å². The molecule has 0 aliphatic carbocycles. The minimum absolute atomic E-state index is 0.184. The van der Waals surface area contributed by atoms with E-state index in [0.29, 0.717) is 12.5 Å². The van der Waals surface area contributed by atoms with Gasteiger partial charge in [-0.15, -0.1) is 0 Å². The van der Waals surface area contributed by atoms with Crippen molar-refractivity contribution in [2.45, 2.75) is 19.9 Å². The fourth-order valence-corrected chi connectivity index (χ4v) is 1.79. The van der Waals surface area contributed by atoms with Gasteiger partial charge in [-0.3, -0.25) is 0 Å². The smallest absolute Gasteiger partial charge is 0.214 e. The molecule has 1 aromatic heterocycles. The lowest BCUT2D eigenvalue weighted by molar-refractivity contribution is 0.304. The number of methoxy groups -OCH3 is 1. The van der Waals surface area contributed by atoms with Crippen LogP contribution in [0.2, 0.25) is 0 Å². The second-order valence-electron chi connectivity index (χ2n) is 4.76. The lowest BCUT2D eigenvalue weighted by atomic mass is 10.2. The van der Waals surface area contributed by atoms with Gasteiger partial charge in [0, 0.05) is 18.0 Å². The van der Waals surface area contributed by atoms with Crippen molar-refractivity contribution in [3.8, 4) is 11.6 Å². The van der Waals surface area contributed by atoms with Gasteiger partial charge in [-0.25, -0.2) is 4.98 Å². The molecular weight excluding hydrogens is 252 g/mol. The van der Waals surface area contributed by atoms with Crippen LogP contribution in [0.3, 0.4) is 0 Å². The number of anilines is 1. The van der Waals surface area contributed by atoms with E-state index in [1.165, 1.54) is 5.56 Å². The number of hydrogen-bond acceptors (Lipinski definition) is 4. The Hall–Kier alpha value is -2.23. The molecule has 4 heteroatoms. The summed E-state index contributed by atoms with van der Waals surface area (Å²) in [6.45, 7) is 4.72. The number of nitrogens with zero attached hydrogens (tertiary/aromatic N) is 1. The summed E-state index contributed by atoms with van der Waals surface area (Å²) in [4.78, 5) is 4.07. The Morgan fingerprint density at radius 3 is 2.65 bits per heavy atom. The highest BCUT2D eigenvalue weighted by Gasteiger charge is 2.04. The molecule has 1 N–H and O–H groups in total. The SMILES string of the molecule is COc1cc(NC(C)COc2ccc(C)cc2)ccn1. The third-order valence-corrected chi connectivity index (χ3v) is 2.88. The van der Waals surface area contributed by atoms with E-state index in [9.17, 15) is 0 Å². The predicted octanol–water partition coefficient (Wildman–Crippen LogP) is 3.28. The van der Waals surface area contributed by atoms with Crippen LogP contribution in [0, 0.1) is 6.92 Å². The molecule has 0 aliphatic rings. The molecule has 0 saturated carbocycles. The summed E-state index contributed by atoms with van der Waals surface area (Å²) in [5, 5.41) is 3.35. The predicted molar refractivity (Wildman–Crippen MR) is 80.5 cm³/mol. The van der Waals surface area contributed by atoms with Gasteiger partial charge in [0.2, 0.25) is 5.88 Å². The number of nitrogens with one attached hydrogen (secondary N) is 1. The Labute approximate surface area is 119 Å². The third-order valence-electron chi connectivity index (χ3n) is 2.88. The first-order chi connectivity index (χ1) is 9.67. The molecule has 4 nitrogen and oxygen atoms in total. The van der Waals surface area contributed by atoms with Crippen molar-refractivity contribution < 1.29 is 9.47 Å². The first kappa shape index (κ1) is 14.2. The maximum absolute atomic E-state index is 5.74. The summed E-state index contributed by atoms with van der Waals surface area (Å²) >= 11 is 0. The molecule has 0 saturated heterocycles. The highest BCUT2D eigenvalue weighted by molar-refractivity contribution is 5.45. The standard InChI is InChI=1S/C16H20N2O2/c1-12-4-6-15(7-5-12)20-11-13(2)18-14-8-9-17-16(10-14)19-3/h4-10,13H,11H2,1-3H3,(H,17,18). The monoisotopic (exact) mass is 272 g/mol. The molecule has 1 unspecified atom stereocenters. The molecule has 1 aromatic carbocycles. The molecule has 20 heavy (non-hydrogen) atoms. The summed E-state index contributed by atoms with van der Waals surface area (Å²) < 4.78 is 10.8. The summed E-state index contributed by atoms with van der Waals surface area (Å²) in [5.74, 6) is 1.48. The second kappa shape index (κ2) is 6.80. The molecule has 0 fully saturated rings. The van der Waals surface area contributed by atoms with Crippen LogP contribution < -0.4 is 14.8 Å². The average Bonchev–Trinajstić information content (AvgIpc) is 2.47. The van der Waals surface area contributed by atoms with Gasteiger partial charge in [0.25, 0.3) is 0 Å². The molecular formula is C16H20N2O2. The number of aromatic nitrogens is 1. The molecule has 2 rings (SSSR count). The minimum atomic E-state index is 0.184. The number of benzene rings is 1. The maximum atomic E-state index is 5.74. The van der Waals surface area contributed by atoms with Crippen molar-refractivity contribution in [3.63, 3.8) is 0 Å². The van der Waals surface area contributed by atoms with Crippen LogP contribution in [-0.2, 0) is 0 Å². The van der Waals surface area contributed by atoms with Crippen LogP contribution in [0.1, 0.15) is 12.5 Å². The van der Waals surface area contributed by atoms with E-state index in [-0.39, 0.29) is 6.04 Å². The van der Waals surface area contributed by atoms with Crippen LogP contribution in [0.5, 0.6) is 11.6 Å². The lowest BCUT2D eigenvalue weighted by Gasteiger charge is -2.16. The number of aryl methyl sites for hydroxylation is 1. The van der Waals surface area contributed by atoms with Gasteiger partial charge in [0.1, 0.15) is 12.4 Å². The van der Waals surface area contributed by atoms with Gasteiger partial charge in [-0.1, -0.05) is 17.7 Å². The second-order valence-corrected chi connectivity index (χ2v) is 4.76. The molecule has 106 valence electrons. The van der Waals surface area contributed by atoms with Gasteiger partial charge in [0.15, 0.2) is 0 Å². The van der Waals surface area contributed by atoms with Gasteiger partial charge in [0.05, 0.1) is 13.2 Å². The number of pyridine rings is 1. The van der Waals surface area contributed by atoms with Crippen molar-refractivity contribution in [1.82, 2.24) is 4.98 Å². The quantitative estimate of drug-likeness (QED) is 0.876. The zero-order valence-corrected chi connectivity index (χ0v) is 12.1. The van der Waals surface area contributed by atoms with E-state index in [0.717, 1.165) is 11.4 Å². The third kappa shape index (κ3) is 4.16. The Bertz CT molecular complexity index is 540. The molecule has 0 radical (unpaired) electrons. The largest absolute Gasteiger partial charge is 0.491 e. The lowest BCUT2D eigenvalue weighted by Crippen LogP contribution is -2.23. The summed E-state index contributed by atoms with van der Waals surface area (Å²) in [6, 6.07) is 12.0. The van der Waals surface area contributed by atoms with E-state index in [1.807, 2.05) is 36.4 Å². The van der Waals surface area contributed by atoms with Crippen LogP contribution >= 0.6 is 0 Å². The van der Waals surface area contributed by atoms with E-state index in [2.05, 4.69) is 24.1 Å². The Morgan fingerprint density at radius 1 is 1.20 bits per heavy atom. The molecule has 0 amide bonds. The van der Waals surface area contributed by atoms with Crippen molar-refractivity contribution >= 4 is 5.69 Å². The van der Waals surface area contributed by atoms with Crippen molar-refractivity contribution in [1.29, 1.82) is 0 Å². The Morgan fingerprint density at radius 2 is 1.95 bits per heavy atom. The molecule has 0 bridgehead atoms. The minimum Gasteiger partial charge on any atom is -0.491 e. The first-order valence-electron chi connectivity index (χ1n) is 6.63. The van der Waals surface area contributed by atoms with E-state index >= 15 is 0 Å². The van der Waals surface area contributed by atoms with Crippen molar-refractivity contribution in [2.75, 3.05) is 19.0 Å². The zero-order valence-electron chi connectivity index (χ0n) is 12.1. The summed E-state index contributed by atoms with van der Waals surface area (Å²) in [5.41, 5.74) is 2.20.